The Kier molecular flexibility index (Phi) is 2.36. The zero-order valence-corrected chi connectivity index (χ0v) is 8.07. The molecule has 1 aromatic carbocycles. The van der Waals surface area contributed by atoms with E-state index in [0.29, 0.717) is 5.56 Å². The molecule has 0 amide bonds. The van der Waals surface area contributed by atoms with E-state index >= 15 is 0 Å². The molecule has 2 rings (SSSR count). The number of alkyl halides is 3. The van der Waals surface area contributed by atoms with Gasteiger partial charge in [-0.2, -0.15) is 13.2 Å². The summed E-state index contributed by atoms with van der Waals surface area (Å²) in [6.45, 7) is 0. The fourth-order valence-corrected chi connectivity index (χ4v) is 1.77. The van der Waals surface area contributed by atoms with Crippen LogP contribution in [0.4, 0.5) is 18.9 Å². The fraction of sp³-hybridized carbons (Fsp3) is 0.400. The van der Waals surface area contributed by atoms with E-state index in [1.54, 1.807) is 0 Å². The second-order valence-corrected chi connectivity index (χ2v) is 3.84. The molecule has 1 aliphatic carbocycles. The van der Waals surface area contributed by atoms with E-state index in [0.717, 1.165) is 0 Å². The molecule has 0 bridgehead atoms. The van der Waals surface area contributed by atoms with Crippen molar-refractivity contribution in [3.8, 4) is 0 Å². The number of benzene rings is 1. The molecule has 0 saturated heterocycles. The van der Waals surface area contributed by atoms with Crippen molar-refractivity contribution in [1.82, 2.24) is 0 Å². The first kappa shape index (κ1) is 10.9. The lowest BCUT2D eigenvalue weighted by molar-refractivity contribution is -0.384. The van der Waals surface area contributed by atoms with Crippen molar-refractivity contribution in [2.45, 2.75) is 18.5 Å². The molecule has 0 N–H and O–H groups in total. The average Bonchev–Trinajstić information content (AvgIpc) is 2.96. The number of nitro groups is 1. The first-order chi connectivity index (χ1) is 7.39. The molecule has 3 nitrogen and oxygen atoms in total. The van der Waals surface area contributed by atoms with Crippen LogP contribution in [0.3, 0.4) is 0 Å². The van der Waals surface area contributed by atoms with E-state index in [1.165, 1.54) is 24.3 Å². The topological polar surface area (TPSA) is 43.1 Å². The summed E-state index contributed by atoms with van der Waals surface area (Å²) in [7, 11) is 0. The highest BCUT2D eigenvalue weighted by Gasteiger charge is 2.56. The van der Waals surface area contributed by atoms with Gasteiger partial charge in [0, 0.05) is 12.1 Å². The minimum absolute atomic E-state index is 0.0846. The van der Waals surface area contributed by atoms with Crippen LogP contribution >= 0.6 is 0 Å². The predicted molar refractivity (Wildman–Crippen MR) is 50.0 cm³/mol. The van der Waals surface area contributed by atoms with Crippen molar-refractivity contribution in [2.75, 3.05) is 0 Å². The normalized spacial score (nSPS) is 24.2. The monoisotopic (exact) mass is 231 g/mol. The lowest BCUT2D eigenvalue weighted by atomic mass is 10.1. The summed E-state index contributed by atoms with van der Waals surface area (Å²) < 4.78 is 36.8. The number of hydrogen-bond acceptors (Lipinski definition) is 2. The van der Waals surface area contributed by atoms with Crippen molar-refractivity contribution in [3.63, 3.8) is 0 Å². The third-order valence-corrected chi connectivity index (χ3v) is 2.74. The summed E-state index contributed by atoms with van der Waals surface area (Å²) in [6.07, 6.45) is -4.08. The van der Waals surface area contributed by atoms with Gasteiger partial charge in [-0.05, 0) is 17.9 Å². The second-order valence-electron chi connectivity index (χ2n) is 3.84. The fourth-order valence-electron chi connectivity index (χ4n) is 1.77. The Morgan fingerprint density at radius 1 is 1.25 bits per heavy atom. The molecule has 0 aliphatic heterocycles. The molecule has 0 spiro atoms. The van der Waals surface area contributed by atoms with Gasteiger partial charge >= 0.3 is 6.18 Å². The summed E-state index contributed by atoms with van der Waals surface area (Å²) >= 11 is 0. The highest BCUT2D eigenvalue weighted by molar-refractivity contribution is 5.36. The standard InChI is InChI=1S/C10H8F3NO2/c11-10(12,13)9-5-8(9)6-1-3-7(4-2-6)14(15)16/h1-4,8-9H,5H2/t8-,9+/m1/s1. The first-order valence-corrected chi connectivity index (χ1v) is 4.70. The van der Waals surface area contributed by atoms with Crippen molar-refractivity contribution >= 4 is 5.69 Å². The molecule has 16 heavy (non-hydrogen) atoms. The van der Waals surface area contributed by atoms with Crippen LogP contribution in [0.2, 0.25) is 0 Å². The highest BCUT2D eigenvalue weighted by Crippen LogP contribution is 2.56. The zero-order chi connectivity index (χ0) is 11.9. The van der Waals surface area contributed by atoms with Crippen molar-refractivity contribution < 1.29 is 18.1 Å². The van der Waals surface area contributed by atoms with Gasteiger partial charge in [0.1, 0.15) is 0 Å². The molecule has 0 radical (unpaired) electrons. The molecule has 0 unspecified atom stereocenters. The molecular formula is C10H8F3NO2. The van der Waals surface area contributed by atoms with E-state index in [4.69, 9.17) is 0 Å². The molecular weight excluding hydrogens is 223 g/mol. The molecule has 1 fully saturated rings. The molecule has 2 atom stereocenters. The van der Waals surface area contributed by atoms with Crippen molar-refractivity contribution in [1.29, 1.82) is 0 Å². The Morgan fingerprint density at radius 2 is 1.81 bits per heavy atom. The maximum Gasteiger partial charge on any atom is 0.392 e. The Balaban J connectivity index is 2.11. The molecule has 1 saturated carbocycles. The van der Waals surface area contributed by atoms with Gasteiger partial charge in [-0.3, -0.25) is 10.1 Å². The SMILES string of the molecule is O=[N+]([O-])c1ccc([C@H]2C[C@@H]2C(F)(F)F)cc1. The van der Waals surface area contributed by atoms with E-state index in [-0.39, 0.29) is 12.1 Å². The lowest BCUT2D eigenvalue weighted by Crippen LogP contribution is -2.11. The van der Waals surface area contributed by atoms with Gasteiger partial charge in [-0.1, -0.05) is 12.1 Å². The van der Waals surface area contributed by atoms with Crippen molar-refractivity contribution in [3.05, 3.63) is 39.9 Å². The number of hydrogen-bond donors (Lipinski definition) is 0. The van der Waals surface area contributed by atoms with Gasteiger partial charge in [0.2, 0.25) is 0 Å². The van der Waals surface area contributed by atoms with Crippen LogP contribution in [0, 0.1) is 16.0 Å². The lowest BCUT2D eigenvalue weighted by Gasteiger charge is -2.04. The van der Waals surface area contributed by atoms with Gasteiger partial charge in [-0.15, -0.1) is 0 Å². The largest absolute Gasteiger partial charge is 0.392 e. The van der Waals surface area contributed by atoms with Gasteiger partial charge in [0.25, 0.3) is 5.69 Å². The number of non-ortho nitro benzene ring substituents is 1. The number of nitrogens with zero attached hydrogens (tertiary/aromatic N) is 1. The smallest absolute Gasteiger partial charge is 0.258 e. The highest BCUT2D eigenvalue weighted by atomic mass is 19.4. The van der Waals surface area contributed by atoms with Gasteiger partial charge in [0.05, 0.1) is 10.8 Å². The number of rotatable bonds is 2. The van der Waals surface area contributed by atoms with Crippen LogP contribution in [0.25, 0.3) is 0 Å². The first-order valence-electron chi connectivity index (χ1n) is 4.70. The third kappa shape index (κ3) is 2.00. The Bertz CT molecular complexity index is 413. The van der Waals surface area contributed by atoms with E-state index in [2.05, 4.69) is 0 Å². The Hall–Kier alpha value is -1.59. The minimum atomic E-state index is -4.16. The minimum Gasteiger partial charge on any atom is -0.258 e. The van der Waals surface area contributed by atoms with Crippen LogP contribution in [0.5, 0.6) is 0 Å². The molecule has 86 valence electrons. The van der Waals surface area contributed by atoms with E-state index in [1.807, 2.05) is 0 Å². The van der Waals surface area contributed by atoms with Gasteiger partial charge < -0.3 is 0 Å². The van der Waals surface area contributed by atoms with Crippen LogP contribution in [-0.2, 0) is 0 Å². The second kappa shape index (κ2) is 3.47. The van der Waals surface area contributed by atoms with Crippen LogP contribution in [0.1, 0.15) is 17.9 Å². The molecule has 0 aromatic heterocycles. The van der Waals surface area contributed by atoms with Gasteiger partial charge in [0.15, 0.2) is 0 Å². The van der Waals surface area contributed by atoms with Crippen molar-refractivity contribution in [2.24, 2.45) is 5.92 Å². The average molecular weight is 231 g/mol. The number of nitro benzene ring substituents is 1. The van der Waals surface area contributed by atoms with Crippen LogP contribution < -0.4 is 0 Å². The van der Waals surface area contributed by atoms with Gasteiger partial charge in [-0.25, -0.2) is 0 Å². The Morgan fingerprint density at radius 3 is 2.19 bits per heavy atom. The molecule has 1 aromatic rings. The maximum absolute atomic E-state index is 12.3. The predicted octanol–water partition coefficient (Wildman–Crippen LogP) is 3.26. The maximum atomic E-state index is 12.3. The summed E-state index contributed by atoms with van der Waals surface area (Å²) in [5.41, 5.74) is 0.417. The molecule has 1 aliphatic rings. The Labute approximate surface area is 89.0 Å². The summed E-state index contributed by atoms with van der Waals surface area (Å²) in [5, 5.41) is 10.3. The zero-order valence-electron chi connectivity index (χ0n) is 8.07. The summed E-state index contributed by atoms with van der Waals surface area (Å²) in [5.74, 6) is -1.81. The summed E-state index contributed by atoms with van der Waals surface area (Å²) in [4.78, 5) is 9.78. The number of halogens is 3. The van der Waals surface area contributed by atoms with Crippen LogP contribution in [0.15, 0.2) is 24.3 Å². The summed E-state index contributed by atoms with van der Waals surface area (Å²) in [6, 6.07) is 5.27. The molecule has 6 heteroatoms. The quantitative estimate of drug-likeness (QED) is 0.579. The third-order valence-electron chi connectivity index (χ3n) is 2.74. The molecule has 0 heterocycles. The van der Waals surface area contributed by atoms with E-state index < -0.39 is 22.9 Å². The van der Waals surface area contributed by atoms with Crippen LogP contribution in [-0.4, -0.2) is 11.1 Å². The van der Waals surface area contributed by atoms with E-state index in [9.17, 15) is 23.3 Å².